The lowest BCUT2D eigenvalue weighted by Crippen LogP contribution is -2.38. The molecular formula is C17H17N3O3. The molecule has 1 N–H and O–H groups in total. The molecule has 118 valence electrons. The van der Waals surface area contributed by atoms with Crippen LogP contribution in [-0.4, -0.2) is 34.2 Å². The van der Waals surface area contributed by atoms with Crippen molar-refractivity contribution in [3.05, 3.63) is 36.5 Å². The van der Waals surface area contributed by atoms with E-state index >= 15 is 0 Å². The first kappa shape index (κ1) is 14.1. The van der Waals surface area contributed by atoms with E-state index < -0.39 is 5.91 Å². The van der Waals surface area contributed by atoms with Crippen LogP contribution in [0, 0.1) is 23.7 Å². The van der Waals surface area contributed by atoms with Crippen LogP contribution in [0.1, 0.15) is 12.8 Å². The Kier molecular flexibility index (Phi) is 3.25. The lowest BCUT2D eigenvalue weighted by molar-refractivity contribution is -0.142. The van der Waals surface area contributed by atoms with Crippen LogP contribution < -0.4 is 5.32 Å². The van der Waals surface area contributed by atoms with Crippen molar-refractivity contribution >= 4 is 23.5 Å². The summed E-state index contributed by atoms with van der Waals surface area (Å²) in [5.74, 6) is -0.635. The molecule has 4 aliphatic rings. The molecule has 6 nitrogen and oxygen atoms in total. The molecule has 1 aliphatic heterocycles. The summed E-state index contributed by atoms with van der Waals surface area (Å²) in [6, 6.07) is 5.17. The van der Waals surface area contributed by atoms with Crippen LogP contribution >= 0.6 is 0 Å². The first-order valence-electron chi connectivity index (χ1n) is 7.89. The predicted octanol–water partition coefficient (Wildman–Crippen LogP) is 1.22. The summed E-state index contributed by atoms with van der Waals surface area (Å²) >= 11 is 0. The second-order valence-corrected chi connectivity index (χ2v) is 6.37. The number of hydrogen-bond acceptors (Lipinski definition) is 4. The molecule has 23 heavy (non-hydrogen) atoms. The molecular weight excluding hydrogens is 294 g/mol. The van der Waals surface area contributed by atoms with E-state index in [0.29, 0.717) is 5.82 Å². The van der Waals surface area contributed by atoms with Crippen molar-refractivity contribution in [2.24, 2.45) is 23.7 Å². The van der Waals surface area contributed by atoms with Crippen molar-refractivity contribution in [2.75, 3.05) is 11.9 Å². The van der Waals surface area contributed by atoms with Crippen molar-refractivity contribution in [1.29, 1.82) is 0 Å². The van der Waals surface area contributed by atoms with Crippen LogP contribution in [0.15, 0.2) is 36.5 Å². The molecule has 2 fully saturated rings. The van der Waals surface area contributed by atoms with Crippen LogP contribution in [0.3, 0.4) is 0 Å². The fraction of sp³-hybridized carbons (Fsp3) is 0.412. The second kappa shape index (κ2) is 5.30. The maximum Gasteiger partial charge on any atom is 0.245 e. The topological polar surface area (TPSA) is 79.4 Å². The summed E-state index contributed by atoms with van der Waals surface area (Å²) < 4.78 is 0. The molecule has 3 amide bonds. The number of carbonyl (C=O) groups is 3. The Labute approximate surface area is 133 Å². The van der Waals surface area contributed by atoms with Crippen molar-refractivity contribution in [1.82, 2.24) is 9.88 Å². The molecule has 0 aromatic carbocycles. The lowest BCUT2D eigenvalue weighted by atomic mass is 9.63. The summed E-state index contributed by atoms with van der Waals surface area (Å²) in [7, 11) is 0. The zero-order chi connectivity index (χ0) is 16.0. The van der Waals surface area contributed by atoms with Gasteiger partial charge in [-0.3, -0.25) is 19.3 Å². The third kappa shape index (κ3) is 2.25. The molecule has 1 aromatic rings. The van der Waals surface area contributed by atoms with Gasteiger partial charge in [-0.05, 0) is 36.8 Å². The van der Waals surface area contributed by atoms with Gasteiger partial charge in [-0.15, -0.1) is 0 Å². The highest BCUT2D eigenvalue weighted by atomic mass is 16.2. The molecule has 0 radical (unpaired) electrons. The molecule has 0 spiro atoms. The van der Waals surface area contributed by atoms with Gasteiger partial charge >= 0.3 is 0 Å². The normalized spacial score (nSPS) is 31.4. The third-order valence-electron chi connectivity index (χ3n) is 5.08. The van der Waals surface area contributed by atoms with Gasteiger partial charge in [0, 0.05) is 6.20 Å². The monoisotopic (exact) mass is 311 g/mol. The number of fused-ring (bicyclic) bond motifs is 1. The number of hydrogen-bond donors (Lipinski definition) is 1. The van der Waals surface area contributed by atoms with Crippen LogP contribution in [0.5, 0.6) is 0 Å². The highest BCUT2D eigenvalue weighted by Gasteiger charge is 2.56. The SMILES string of the molecule is O=C(CN1C(=O)[C@H]2[C@H](C1=O)[C@H]1C=C[C@H]2CC1)Nc1ccccn1. The maximum absolute atomic E-state index is 12.6. The molecule has 4 atom stereocenters. The largest absolute Gasteiger partial charge is 0.309 e. The lowest BCUT2D eigenvalue weighted by Gasteiger charge is -2.38. The fourth-order valence-corrected chi connectivity index (χ4v) is 4.05. The van der Waals surface area contributed by atoms with Crippen molar-refractivity contribution in [2.45, 2.75) is 12.8 Å². The van der Waals surface area contributed by atoms with E-state index in [4.69, 9.17) is 0 Å². The van der Waals surface area contributed by atoms with Gasteiger partial charge in [0.05, 0.1) is 11.8 Å². The maximum atomic E-state index is 12.6. The summed E-state index contributed by atoms with van der Waals surface area (Å²) in [5, 5.41) is 2.62. The molecule has 1 saturated carbocycles. The highest BCUT2D eigenvalue weighted by Crippen LogP contribution is 2.49. The first-order chi connectivity index (χ1) is 11.1. The molecule has 2 bridgehead atoms. The van der Waals surface area contributed by atoms with Crippen LogP contribution in [0.4, 0.5) is 5.82 Å². The number of amides is 3. The number of nitrogens with zero attached hydrogens (tertiary/aromatic N) is 2. The summed E-state index contributed by atoms with van der Waals surface area (Å²) in [6.45, 7) is -0.235. The molecule has 1 saturated heterocycles. The van der Waals surface area contributed by atoms with E-state index in [1.165, 1.54) is 0 Å². The average molecular weight is 311 g/mol. The van der Waals surface area contributed by atoms with E-state index in [1.807, 2.05) is 0 Å². The number of imide groups is 1. The Morgan fingerprint density at radius 2 is 1.78 bits per heavy atom. The number of likely N-dealkylation sites (tertiary alicyclic amines) is 1. The Morgan fingerprint density at radius 1 is 1.13 bits per heavy atom. The highest BCUT2D eigenvalue weighted by molar-refractivity contribution is 6.09. The van der Waals surface area contributed by atoms with Crippen molar-refractivity contribution in [3.8, 4) is 0 Å². The van der Waals surface area contributed by atoms with E-state index in [-0.39, 0.29) is 42.0 Å². The second-order valence-electron chi connectivity index (χ2n) is 6.37. The smallest absolute Gasteiger partial charge is 0.245 e. The summed E-state index contributed by atoms with van der Waals surface area (Å²) in [6.07, 6.45) is 7.61. The Bertz CT molecular complexity index is 668. The molecule has 1 aromatic heterocycles. The zero-order valence-electron chi connectivity index (χ0n) is 12.5. The minimum absolute atomic E-state index is 0.144. The number of pyridine rings is 1. The first-order valence-corrected chi connectivity index (χ1v) is 7.89. The number of carbonyl (C=O) groups excluding carboxylic acids is 3. The van der Waals surface area contributed by atoms with Gasteiger partial charge in [-0.1, -0.05) is 18.2 Å². The third-order valence-corrected chi connectivity index (χ3v) is 5.08. The van der Waals surface area contributed by atoms with Gasteiger partial charge in [0.2, 0.25) is 17.7 Å². The number of rotatable bonds is 3. The van der Waals surface area contributed by atoms with Crippen molar-refractivity contribution < 1.29 is 14.4 Å². The van der Waals surface area contributed by atoms with Gasteiger partial charge in [-0.2, -0.15) is 0 Å². The van der Waals surface area contributed by atoms with Gasteiger partial charge in [0.1, 0.15) is 12.4 Å². The van der Waals surface area contributed by atoms with E-state index in [1.54, 1.807) is 24.4 Å². The van der Waals surface area contributed by atoms with Gasteiger partial charge in [0.25, 0.3) is 0 Å². The molecule has 3 aliphatic carbocycles. The Balaban J connectivity index is 1.49. The molecule has 0 unspecified atom stereocenters. The number of aromatic nitrogens is 1. The van der Waals surface area contributed by atoms with Crippen molar-refractivity contribution in [3.63, 3.8) is 0 Å². The van der Waals surface area contributed by atoms with Gasteiger partial charge in [-0.25, -0.2) is 4.98 Å². The minimum atomic E-state index is -0.399. The van der Waals surface area contributed by atoms with Crippen LogP contribution in [-0.2, 0) is 14.4 Å². The summed E-state index contributed by atoms with van der Waals surface area (Å²) in [4.78, 5) is 42.5. The Hall–Kier alpha value is -2.50. The Morgan fingerprint density at radius 3 is 2.30 bits per heavy atom. The fourth-order valence-electron chi connectivity index (χ4n) is 4.05. The van der Waals surface area contributed by atoms with Gasteiger partial charge in [0.15, 0.2) is 0 Å². The van der Waals surface area contributed by atoms with Gasteiger partial charge < -0.3 is 5.32 Å². The quantitative estimate of drug-likeness (QED) is 0.672. The van der Waals surface area contributed by atoms with E-state index in [0.717, 1.165) is 17.7 Å². The van der Waals surface area contributed by atoms with E-state index in [9.17, 15) is 14.4 Å². The standard InChI is InChI=1S/C17H17N3O3/c21-13(19-12-3-1-2-8-18-12)9-20-16(22)14-10-4-5-11(7-6-10)15(14)17(20)23/h1-5,8,10-11,14-15H,6-7,9H2,(H,18,19,21)/t10-,11-,14+,15+/m0/s1. The van der Waals surface area contributed by atoms with Crippen LogP contribution in [0.2, 0.25) is 0 Å². The van der Waals surface area contributed by atoms with Crippen LogP contribution in [0.25, 0.3) is 0 Å². The number of anilines is 1. The molecule has 6 heteroatoms. The zero-order valence-corrected chi connectivity index (χ0v) is 12.5. The molecule has 5 rings (SSSR count). The average Bonchev–Trinajstić information content (AvgIpc) is 2.84. The predicted molar refractivity (Wildman–Crippen MR) is 81.9 cm³/mol. The number of allylic oxidation sites excluding steroid dienone is 2. The minimum Gasteiger partial charge on any atom is -0.309 e. The molecule has 2 heterocycles. The summed E-state index contributed by atoms with van der Waals surface area (Å²) in [5.41, 5.74) is 0. The van der Waals surface area contributed by atoms with E-state index in [2.05, 4.69) is 22.5 Å². The number of nitrogens with one attached hydrogen (secondary N) is 1.